The molecule has 0 atom stereocenters. The maximum Gasteiger partial charge on any atom is 0.253 e. The van der Waals surface area contributed by atoms with Gasteiger partial charge in [0.1, 0.15) is 5.82 Å². The minimum absolute atomic E-state index is 0.0734. The highest BCUT2D eigenvalue weighted by atomic mass is 16.2. The van der Waals surface area contributed by atoms with E-state index in [-0.39, 0.29) is 18.0 Å². The molecule has 5 heteroatoms. The van der Waals surface area contributed by atoms with Gasteiger partial charge in [-0.2, -0.15) is 0 Å². The predicted molar refractivity (Wildman–Crippen MR) is 60.9 cm³/mol. The van der Waals surface area contributed by atoms with Crippen LogP contribution in [0.25, 0.3) is 0 Å². The number of H-pyrrole nitrogens is 1. The topological polar surface area (TPSA) is 74.8 Å². The van der Waals surface area contributed by atoms with Gasteiger partial charge in [0.05, 0.1) is 6.54 Å². The molecule has 88 valence electrons. The zero-order valence-corrected chi connectivity index (χ0v) is 10.0. The molecule has 0 saturated heterocycles. The van der Waals surface area contributed by atoms with Gasteiger partial charge in [-0.15, -0.1) is 0 Å². The molecule has 1 aromatic rings. The molecule has 0 radical (unpaired) electrons. The van der Waals surface area contributed by atoms with Crippen molar-refractivity contribution in [2.45, 2.75) is 34.2 Å². The quantitative estimate of drug-likeness (QED) is 0.776. The summed E-state index contributed by atoms with van der Waals surface area (Å²) in [7, 11) is 0. The van der Waals surface area contributed by atoms with Crippen LogP contribution in [0.15, 0.2) is 11.0 Å². The molecule has 0 bridgehead atoms. The number of hydrogen-bond acceptors (Lipinski definition) is 3. The summed E-state index contributed by atoms with van der Waals surface area (Å²) in [5, 5.41) is 2.71. The highest BCUT2D eigenvalue weighted by Gasteiger charge is 2.20. The molecule has 1 aromatic heterocycles. The second-order valence-corrected chi connectivity index (χ2v) is 4.77. The minimum atomic E-state index is -0.439. The van der Waals surface area contributed by atoms with Gasteiger partial charge in [-0.1, -0.05) is 20.8 Å². The number of amides is 1. The van der Waals surface area contributed by atoms with Crippen molar-refractivity contribution in [3.05, 3.63) is 27.9 Å². The highest BCUT2D eigenvalue weighted by Crippen LogP contribution is 2.12. The summed E-state index contributed by atoms with van der Waals surface area (Å²) in [6, 6.07) is 0. The number of nitrogens with one attached hydrogen (secondary N) is 2. The molecule has 0 aromatic carbocycles. The molecule has 0 aliphatic rings. The third-order valence-electron chi connectivity index (χ3n) is 2.13. The Morgan fingerprint density at radius 1 is 1.50 bits per heavy atom. The van der Waals surface area contributed by atoms with E-state index in [1.54, 1.807) is 6.92 Å². The van der Waals surface area contributed by atoms with E-state index in [0.717, 1.165) is 0 Å². The standard InChI is InChI=1S/C11H17N3O2/c1-7-5-12-8(14-9(7)15)6-13-10(16)11(2,3)4/h5H,6H2,1-4H3,(H,13,16)(H,12,14,15). The summed E-state index contributed by atoms with van der Waals surface area (Å²) < 4.78 is 0. The van der Waals surface area contributed by atoms with Gasteiger partial charge in [0, 0.05) is 17.2 Å². The van der Waals surface area contributed by atoms with Crippen molar-refractivity contribution in [2.24, 2.45) is 5.41 Å². The summed E-state index contributed by atoms with van der Waals surface area (Å²) in [6.07, 6.45) is 1.50. The first kappa shape index (κ1) is 12.4. The van der Waals surface area contributed by atoms with Gasteiger partial charge >= 0.3 is 0 Å². The first-order chi connectivity index (χ1) is 7.30. The number of carbonyl (C=O) groups excluding carboxylic acids is 1. The molecular weight excluding hydrogens is 206 g/mol. The van der Waals surface area contributed by atoms with E-state index >= 15 is 0 Å². The van der Waals surface area contributed by atoms with E-state index in [0.29, 0.717) is 11.4 Å². The lowest BCUT2D eigenvalue weighted by Gasteiger charge is -2.17. The van der Waals surface area contributed by atoms with Crippen LogP contribution in [0.2, 0.25) is 0 Å². The Labute approximate surface area is 94.3 Å². The lowest BCUT2D eigenvalue weighted by atomic mass is 9.96. The van der Waals surface area contributed by atoms with Gasteiger partial charge in [-0.05, 0) is 6.92 Å². The van der Waals surface area contributed by atoms with E-state index in [1.807, 2.05) is 20.8 Å². The van der Waals surface area contributed by atoms with E-state index in [4.69, 9.17) is 0 Å². The first-order valence-electron chi connectivity index (χ1n) is 5.14. The Kier molecular flexibility index (Phi) is 3.47. The Hall–Kier alpha value is -1.65. The van der Waals surface area contributed by atoms with Crippen LogP contribution in [0.5, 0.6) is 0 Å². The molecule has 0 spiro atoms. The third kappa shape index (κ3) is 3.18. The Bertz CT molecular complexity index is 443. The molecule has 0 aliphatic carbocycles. The van der Waals surface area contributed by atoms with E-state index in [1.165, 1.54) is 6.20 Å². The van der Waals surface area contributed by atoms with Crippen molar-refractivity contribution in [1.82, 2.24) is 15.3 Å². The highest BCUT2D eigenvalue weighted by molar-refractivity contribution is 5.81. The molecule has 1 rings (SSSR count). The summed E-state index contributed by atoms with van der Waals surface area (Å²) in [5.74, 6) is 0.393. The lowest BCUT2D eigenvalue weighted by molar-refractivity contribution is -0.128. The molecule has 1 amide bonds. The smallest absolute Gasteiger partial charge is 0.253 e. The van der Waals surface area contributed by atoms with Gasteiger partial charge in [-0.3, -0.25) is 9.59 Å². The number of nitrogens with zero attached hydrogens (tertiary/aromatic N) is 1. The molecule has 5 nitrogen and oxygen atoms in total. The Morgan fingerprint density at radius 3 is 2.62 bits per heavy atom. The van der Waals surface area contributed by atoms with Gasteiger partial charge in [-0.25, -0.2) is 4.98 Å². The van der Waals surface area contributed by atoms with Crippen LogP contribution in [-0.4, -0.2) is 15.9 Å². The van der Waals surface area contributed by atoms with Crippen LogP contribution in [0.3, 0.4) is 0 Å². The Balaban J connectivity index is 2.66. The summed E-state index contributed by atoms with van der Waals surface area (Å²) in [6.45, 7) is 7.41. The van der Waals surface area contributed by atoms with E-state index < -0.39 is 5.41 Å². The van der Waals surface area contributed by atoms with Crippen LogP contribution in [0.1, 0.15) is 32.2 Å². The predicted octanol–water partition coefficient (Wildman–Crippen LogP) is 0.741. The minimum Gasteiger partial charge on any atom is -0.348 e. The molecule has 1 heterocycles. The first-order valence-corrected chi connectivity index (χ1v) is 5.14. The van der Waals surface area contributed by atoms with Gasteiger partial charge in [0.25, 0.3) is 5.56 Å². The number of rotatable bonds is 2. The maximum atomic E-state index is 11.6. The largest absolute Gasteiger partial charge is 0.348 e. The second kappa shape index (κ2) is 4.47. The van der Waals surface area contributed by atoms with Gasteiger partial charge in [0.2, 0.25) is 5.91 Å². The molecule has 0 fully saturated rings. The van der Waals surface area contributed by atoms with Gasteiger partial charge < -0.3 is 10.3 Å². The van der Waals surface area contributed by atoms with Crippen molar-refractivity contribution >= 4 is 5.91 Å². The fourth-order valence-electron chi connectivity index (χ4n) is 1.01. The number of aromatic amines is 1. The number of aromatic nitrogens is 2. The third-order valence-corrected chi connectivity index (χ3v) is 2.13. The van der Waals surface area contributed by atoms with Crippen molar-refractivity contribution in [3.8, 4) is 0 Å². The fourth-order valence-corrected chi connectivity index (χ4v) is 1.01. The maximum absolute atomic E-state index is 11.6. The van der Waals surface area contributed by atoms with Crippen LogP contribution in [0.4, 0.5) is 0 Å². The SMILES string of the molecule is Cc1cnc(CNC(=O)C(C)(C)C)[nH]c1=O. The second-order valence-electron chi connectivity index (χ2n) is 4.77. The zero-order valence-electron chi connectivity index (χ0n) is 10.0. The number of aryl methyl sites for hydroxylation is 1. The molecular formula is C11H17N3O2. The van der Waals surface area contributed by atoms with E-state index in [2.05, 4.69) is 15.3 Å². The summed E-state index contributed by atoms with van der Waals surface area (Å²) in [5.41, 5.74) is -0.0498. The average molecular weight is 223 g/mol. The number of carbonyl (C=O) groups is 1. The van der Waals surface area contributed by atoms with Crippen LogP contribution >= 0.6 is 0 Å². The molecule has 0 unspecified atom stereocenters. The van der Waals surface area contributed by atoms with Crippen molar-refractivity contribution in [3.63, 3.8) is 0 Å². The Morgan fingerprint density at radius 2 is 2.12 bits per heavy atom. The average Bonchev–Trinajstić information content (AvgIpc) is 2.18. The fraction of sp³-hybridized carbons (Fsp3) is 0.545. The summed E-state index contributed by atoms with van der Waals surface area (Å²) >= 11 is 0. The van der Waals surface area contributed by atoms with Crippen molar-refractivity contribution in [2.75, 3.05) is 0 Å². The van der Waals surface area contributed by atoms with Crippen molar-refractivity contribution < 1.29 is 4.79 Å². The number of hydrogen-bond donors (Lipinski definition) is 2. The molecule has 0 aliphatic heterocycles. The molecule has 16 heavy (non-hydrogen) atoms. The zero-order chi connectivity index (χ0) is 12.3. The molecule has 0 saturated carbocycles. The van der Waals surface area contributed by atoms with Crippen LogP contribution in [0, 0.1) is 12.3 Å². The van der Waals surface area contributed by atoms with Crippen LogP contribution < -0.4 is 10.9 Å². The van der Waals surface area contributed by atoms with E-state index in [9.17, 15) is 9.59 Å². The summed E-state index contributed by atoms with van der Waals surface area (Å²) in [4.78, 5) is 29.5. The molecule has 2 N–H and O–H groups in total. The monoisotopic (exact) mass is 223 g/mol. The van der Waals surface area contributed by atoms with Crippen LogP contribution in [-0.2, 0) is 11.3 Å². The lowest BCUT2D eigenvalue weighted by Crippen LogP contribution is -2.35. The normalized spacial score (nSPS) is 11.2. The van der Waals surface area contributed by atoms with Crippen molar-refractivity contribution in [1.29, 1.82) is 0 Å². The van der Waals surface area contributed by atoms with Gasteiger partial charge in [0.15, 0.2) is 0 Å².